The van der Waals surface area contributed by atoms with Crippen LogP contribution in [0.3, 0.4) is 0 Å². The molecule has 13 heteroatoms. The first kappa shape index (κ1) is 29.0. The number of nitrogens with zero attached hydrogens (tertiary/aromatic N) is 2. The summed E-state index contributed by atoms with van der Waals surface area (Å²) in [4.78, 5) is 55.7. The summed E-state index contributed by atoms with van der Waals surface area (Å²) < 4.78 is 7.50. The largest absolute Gasteiger partial charge is 0.497 e. The summed E-state index contributed by atoms with van der Waals surface area (Å²) in [6, 6.07) is 18.9. The number of anilines is 2. The molecule has 1 aromatic heterocycles. The van der Waals surface area contributed by atoms with Crippen LogP contribution in [0.1, 0.15) is 16.4 Å². The highest BCUT2D eigenvalue weighted by molar-refractivity contribution is 9.10. The van der Waals surface area contributed by atoms with Crippen molar-refractivity contribution in [1.29, 1.82) is 0 Å². The molecule has 2 aliphatic heterocycles. The van der Waals surface area contributed by atoms with Crippen LogP contribution < -0.4 is 19.8 Å². The molecule has 2 aliphatic rings. The van der Waals surface area contributed by atoms with Crippen LogP contribution in [0.4, 0.5) is 11.4 Å². The van der Waals surface area contributed by atoms with Crippen molar-refractivity contribution in [3.05, 3.63) is 101 Å². The molecule has 0 bridgehead atoms. The molecule has 3 aromatic carbocycles. The minimum absolute atomic E-state index is 0.281. The molecule has 0 radical (unpaired) electrons. The SMILES string of the molecule is COc1ccc(C2c3sc(=O)n(CC(=O)Nc4ccc(Cl)c(Cl)c4)c3SC3C(=O)N(c4ccc(Br)cc4)C(=O)C32)cc1. The average molecular weight is 705 g/mol. The van der Waals surface area contributed by atoms with E-state index in [0.29, 0.717) is 32.1 Å². The van der Waals surface area contributed by atoms with Gasteiger partial charge in [0.2, 0.25) is 17.7 Å². The molecule has 6 rings (SSSR count). The van der Waals surface area contributed by atoms with Crippen LogP contribution in [-0.4, -0.2) is 34.6 Å². The predicted octanol–water partition coefficient (Wildman–Crippen LogP) is 6.42. The van der Waals surface area contributed by atoms with E-state index < -0.39 is 23.0 Å². The summed E-state index contributed by atoms with van der Waals surface area (Å²) >= 11 is 17.6. The van der Waals surface area contributed by atoms with Crippen molar-refractivity contribution in [1.82, 2.24) is 4.57 Å². The molecule has 1 N–H and O–H groups in total. The first-order valence-electron chi connectivity index (χ1n) is 12.6. The highest BCUT2D eigenvalue weighted by atomic mass is 79.9. The molecule has 42 heavy (non-hydrogen) atoms. The third kappa shape index (κ3) is 5.17. The molecule has 0 saturated carbocycles. The summed E-state index contributed by atoms with van der Waals surface area (Å²) in [6.45, 7) is -0.288. The van der Waals surface area contributed by atoms with Crippen molar-refractivity contribution < 1.29 is 19.1 Å². The lowest BCUT2D eigenvalue weighted by Crippen LogP contribution is -2.33. The number of aromatic nitrogens is 1. The number of carbonyl (C=O) groups is 3. The lowest BCUT2D eigenvalue weighted by atomic mass is 9.83. The number of methoxy groups -OCH3 is 1. The maximum absolute atomic E-state index is 14.0. The highest BCUT2D eigenvalue weighted by Gasteiger charge is 2.56. The summed E-state index contributed by atoms with van der Waals surface area (Å²) in [5.41, 5.74) is 1.66. The van der Waals surface area contributed by atoms with Crippen molar-refractivity contribution in [2.75, 3.05) is 17.3 Å². The van der Waals surface area contributed by atoms with E-state index in [0.717, 1.165) is 33.1 Å². The molecule has 1 fully saturated rings. The molecular weight excluding hydrogens is 685 g/mol. The van der Waals surface area contributed by atoms with Crippen LogP contribution in [-0.2, 0) is 20.9 Å². The van der Waals surface area contributed by atoms with Gasteiger partial charge in [0.15, 0.2) is 0 Å². The van der Waals surface area contributed by atoms with Crippen LogP contribution in [0.5, 0.6) is 5.75 Å². The molecule has 0 spiro atoms. The summed E-state index contributed by atoms with van der Waals surface area (Å²) in [5.74, 6) is -1.85. The minimum atomic E-state index is -0.792. The number of benzene rings is 3. The van der Waals surface area contributed by atoms with Gasteiger partial charge in [-0.05, 0) is 60.2 Å². The summed E-state index contributed by atoms with van der Waals surface area (Å²) in [5, 5.41) is 3.07. The van der Waals surface area contributed by atoms with Gasteiger partial charge in [-0.1, -0.05) is 74.4 Å². The third-order valence-corrected chi connectivity index (χ3v) is 11.0. The maximum atomic E-state index is 14.0. The Morgan fingerprint density at radius 2 is 1.69 bits per heavy atom. The fraction of sp³-hybridized carbons (Fsp3) is 0.172. The molecule has 3 amide bonds. The number of imide groups is 1. The van der Waals surface area contributed by atoms with E-state index in [1.54, 1.807) is 55.6 Å². The van der Waals surface area contributed by atoms with E-state index in [1.165, 1.54) is 15.5 Å². The van der Waals surface area contributed by atoms with Gasteiger partial charge in [-0.2, -0.15) is 0 Å². The Kier molecular flexibility index (Phi) is 7.97. The smallest absolute Gasteiger partial charge is 0.308 e. The van der Waals surface area contributed by atoms with Gasteiger partial charge in [0.1, 0.15) is 17.5 Å². The molecule has 8 nitrogen and oxygen atoms in total. The van der Waals surface area contributed by atoms with E-state index in [2.05, 4.69) is 21.2 Å². The second-order valence-corrected chi connectivity index (χ2v) is 13.5. The van der Waals surface area contributed by atoms with E-state index in [-0.39, 0.29) is 28.3 Å². The number of thioether (sulfide) groups is 1. The number of nitrogens with one attached hydrogen (secondary N) is 1. The quantitative estimate of drug-likeness (QED) is 0.233. The van der Waals surface area contributed by atoms with Crippen molar-refractivity contribution in [2.24, 2.45) is 5.92 Å². The highest BCUT2D eigenvalue weighted by Crippen LogP contribution is 2.54. The van der Waals surface area contributed by atoms with Gasteiger partial charge in [0, 0.05) is 21.0 Å². The fourth-order valence-electron chi connectivity index (χ4n) is 5.19. The van der Waals surface area contributed by atoms with Gasteiger partial charge in [-0.25, -0.2) is 4.90 Å². The number of carbonyl (C=O) groups excluding carboxylic acids is 3. The maximum Gasteiger partial charge on any atom is 0.308 e. The Bertz CT molecular complexity index is 1790. The topological polar surface area (TPSA) is 97.7 Å². The second kappa shape index (κ2) is 11.5. The van der Waals surface area contributed by atoms with Gasteiger partial charge in [0.05, 0.1) is 33.8 Å². The Balaban J connectivity index is 1.40. The molecule has 1 saturated heterocycles. The van der Waals surface area contributed by atoms with E-state index >= 15 is 0 Å². The number of amides is 3. The number of hydrogen-bond donors (Lipinski definition) is 1. The van der Waals surface area contributed by atoms with Crippen LogP contribution in [0.15, 0.2) is 81.0 Å². The first-order valence-corrected chi connectivity index (χ1v) is 15.8. The Morgan fingerprint density at radius 1 is 0.976 bits per heavy atom. The molecule has 3 unspecified atom stereocenters. The summed E-state index contributed by atoms with van der Waals surface area (Å²) in [7, 11) is 1.56. The van der Waals surface area contributed by atoms with Crippen LogP contribution in [0, 0.1) is 5.92 Å². The molecule has 3 heterocycles. The normalized spacial score (nSPS) is 19.4. The zero-order chi connectivity index (χ0) is 29.7. The Labute approximate surface area is 266 Å². The molecule has 214 valence electrons. The fourth-order valence-corrected chi connectivity index (χ4v) is 8.52. The van der Waals surface area contributed by atoms with E-state index in [1.807, 2.05) is 12.1 Å². The van der Waals surface area contributed by atoms with Crippen molar-refractivity contribution in [2.45, 2.75) is 22.7 Å². The van der Waals surface area contributed by atoms with E-state index in [9.17, 15) is 19.2 Å². The van der Waals surface area contributed by atoms with Crippen LogP contribution in [0.25, 0.3) is 0 Å². The number of thiazole rings is 1. The number of rotatable bonds is 6. The molecule has 3 atom stereocenters. The molecule has 0 aliphatic carbocycles. The van der Waals surface area contributed by atoms with Gasteiger partial charge in [-0.3, -0.25) is 23.7 Å². The summed E-state index contributed by atoms with van der Waals surface area (Å²) in [6.07, 6.45) is 0. The third-order valence-electron chi connectivity index (χ3n) is 7.11. The zero-order valence-corrected chi connectivity index (χ0v) is 26.4. The van der Waals surface area contributed by atoms with Gasteiger partial charge >= 0.3 is 4.87 Å². The number of halogens is 3. The average Bonchev–Trinajstić information content (AvgIpc) is 3.41. The lowest BCUT2D eigenvalue weighted by Gasteiger charge is -2.30. The van der Waals surface area contributed by atoms with Crippen molar-refractivity contribution >= 4 is 91.3 Å². The van der Waals surface area contributed by atoms with Gasteiger partial charge in [0.25, 0.3) is 0 Å². The lowest BCUT2D eigenvalue weighted by molar-refractivity contribution is -0.122. The minimum Gasteiger partial charge on any atom is -0.497 e. The second-order valence-electron chi connectivity index (χ2n) is 9.60. The molecular formula is C29H20BrCl2N3O5S2. The van der Waals surface area contributed by atoms with E-state index in [4.69, 9.17) is 27.9 Å². The van der Waals surface area contributed by atoms with Crippen LogP contribution in [0.2, 0.25) is 10.0 Å². The Hall–Kier alpha value is -3.09. The number of hydrogen-bond acceptors (Lipinski definition) is 7. The Morgan fingerprint density at radius 3 is 2.36 bits per heavy atom. The van der Waals surface area contributed by atoms with Crippen LogP contribution >= 0.6 is 62.2 Å². The van der Waals surface area contributed by atoms with Gasteiger partial charge in [-0.15, -0.1) is 0 Å². The van der Waals surface area contributed by atoms with Gasteiger partial charge < -0.3 is 10.1 Å². The number of ether oxygens (including phenoxy) is 1. The van der Waals surface area contributed by atoms with Crippen molar-refractivity contribution in [3.8, 4) is 5.75 Å². The molecule has 4 aromatic rings. The monoisotopic (exact) mass is 703 g/mol. The first-order chi connectivity index (χ1) is 20.2. The standard InChI is InChI=1S/C29H20BrCl2N3O5S2/c1-40-18-9-2-14(3-10-18)22-23-24(27(38)35(26(23)37)17-7-4-15(30)5-8-17)41-28-25(22)42-29(39)34(28)13-21(36)33-16-6-11-19(31)20(32)12-16/h2-12,22-24H,13H2,1H3,(H,33,36). The number of fused-ring (bicyclic) bond motifs is 2. The van der Waals surface area contributed by atoms with Crippen molar-refractivity contribution in [3.63, 3.8) is 0 Å². The predicted molar refractivity (Wildman–Crippen MR) is 168 cm³/mol. The zero-order valence-electron chi connectivity index (χ0n) is 21.7.